The molecule has 0 aliphatic carbocycles. The summed E-state index contributed by atoms with van der Waals surface area (Å²) in [7, 11) is 0. The Morgan fingerprint density at radius 2 is 1.78 bits per heavy atom. The number of aromatic amines is 1. The fraction of sp³-hybridized carbons (Fsp3) is 0.118. The van der Waals surface area contributed by atoms with Crippen LogP contribution in [-0.4, -0.2) is 25.0 Å². The second-order valence-corrected chi connectivity index (χ2v) is 5.52. The lowest BCUT2D eigenvalue weighted by Crippen LogP contribution is -1.95. The molecule has 0 unspecified atom stereocenters. The van der Waals surface area contributed by atoms with E-state index in [9.17, 15) is 4.39 Å². The first-order valence-corrected chi connectivity index (χ1v) is 7.27. The highest BCUT2D eigenvalue weighted by atomic mass is 19.1. The van der Waals surface area contributed by atoms with Crippen molar-refractivity contribution in [3.63, 3.8) is 0 Å². The topological polar surface area (TPSA) is 58.9 Å². The van der Waals surface area contributed by atoms with Gasteiger partial charge in [0.25, 0.3) is 0 Å². The Balaban J connectivity index is 2.04. The summed E-state index contributed by atoms with van der Waals surface area (Å²) in [4.78, 5) is 0. The standard InChI is InChI=1S/C17H14FN5/c1-10-3-8-15-16(14-9-11(2)19-20-14)17(22-23(15)21-10)12-4-6-13(18)7-5-12/h3-9H,1-2H3,(H,19,20). The molecule has 1 aromatic carbocycles. The molecular weight excluding hydrogens is 293 g/mol. The maximum absolute atomic E-state index is 13.2. The average Bonchev–Trinajstić information content (AvgIpc) is 3.10. The fourth-order valence-electron chi connectivity index (χ4n) is 2.64. The summed E-state index contributed by atoms with van der Waals surface area (Å²) in [6.45, 7) is 3.86. The van der Waals surface area contributed by atoms with Crippen LogP contribution in [0.5, 0.6) is 0 Å². The minimum absolute atomic E-state index is 0.274. The van der Waals surface area contributed by atoms with Crippen LogP contribution in [0.4, 0.5) is 4.39 Å². The van der Waals surface area contributed by atoms with Gasteiger partial charge in [-0.2, -0.15) is 14.8 Å². The summed E-state index contributed by atoms with van der Waals surface area (Å²) >= 11 is 0. The molecule has 0 aliphatic rings. The lowest BCUT2D eigenvalue weighted by molar-refractivity contribution is 0.628. The molecule has 0 bridgehead atoms. The van der Waals surface area contributed by atoms with Gasteiger partial charge in [-0.1, -0.05) is 0 Å². The van der Waals surface area contributed by atoms with E-state index in [-0.39, 0.29) is 5.82 Å². The maximum atomic E-state index is 13.2. The first-order valence-electron chi connectivity index (χ1n) is 7.27. The zero-order valence-corrected chi connectivity index (χ0v) is 12.7. The molecule has 0 spiro atoms. The van der Waals surface area contributed by atoms with Crippen molar-refractivity contribution in [2.75, 3.05) is 0 Å². The quantitative estimate of drug-likeness (QED) is 0.616. The second kappa shape index (κ2) is 5.01. The van der Waals surface area contributed by atoms with Crippen LogP contribution < -0.4 is 0 Å². The largest absolute Gasteiger partial charge is 0.282 e. The predicted octanol–water partition coefficient (Wildman–Crippen LogP) is 3.54. The number of benzene rings is 1. The van der Waals surface area contributed by atoms with E-state index in [1.54, 1.807) is 16.8 Å². The van der Waals surface area contributed by atoms with Gasteiger partial charge in [0.1, 0.15) is 11.5 Å². The van der Waals surface area contributed by atoms with Crippen LogP contribution in [0.1, 0.15) is 11.4 Å². The number of aryl methyl sites for hydroxylation is 2. The molecule has 4 aromatic rings. The number of nitrogens with one attached hydrogen (secondary N) is 1. The predicted molar refractivity (Wildman–Crippen MR) is 85.4 cm³/mol. The summed E-state index contributed by atoms with van der Waals surface area (Å²) in [5.41, 5.74) is 5.93. The molecule has 5 nitrogen and oxygen atoms in total. The lowest BCUT2D eigenvalue weighted by Gasteiger charge is -2.00. The van der Waals surface area contributed by atoms with E-state index >= 15 is 0 Å². The number of fused-ring (bicyclic) bond motifs is 1. The Morgan fingerprint density at radius 3 is 2.48 bits per heavy atom. The van der Waals surface area contributed by atoms with E-state index in [0.717, 1.165) is 39.4 Å². The van der Waals surface area contributed by atoms with Gasteiger partial charge >= 0.3 is 0 Å². The van der Waals surface area contributed by atoms with Crippen molar-refractivity contribution in [2.45, 2.75) is 13.8 Å². The Morgan fingerprint density at radius 1 is 1.00 bits per heavy atom. The monoisotopic (exact) mass is 307 g/mol. The van der Waals surface area contributed by atoms with Gasteiger partial charge in [-0.25, -0.2) is 4.39 Å². The lowest BCUT2D eigenvalue weighted by atomic mass is 10.0. The van der Waals surface area contributed by atoms with Crippen LogP contribution >= 0.6 is 0 Å². The third-order valence-electron chi connectivity index (χ3n) is 3.72. The first-order chi connectivity index (χ1) is 11.1. The molecule has 6 heteroatoms. The van der Waals surface area contributed by atoms with E-state index in [1.165, 1.54) is 12.1 Å². The Labute approximate surface area is 131 Å². The van der Waals surface area contributed by atoms with E-state index in [1.807, 2.05) is 32.0 Å². The van der Waals surface area contributed by atoms with Crippen LogP contribution in [0.2, 0.25) is 0 Å². The van der Waals surface area contributed by atoms with Gasteiger partial charge in [0, 0.05) is 11.3 Å². The molecule has 114 valence electrons. The van der Waals surface area contributed by atoms with Gasteiger partial charge in [-0.05, 0) is 56.3 Å². The van der Waals surface area contributed by atoms with Crippen molar-refractivity contribution in [1.29, 1.82) is 0 Å². The molecule has 0 aliphatic heterocycles. The van der Waals surface area contributed by atoms with E-state index in [4.69, 9.17) is 0 Å². The molecule has 1 N–H and O–H groups in total. The van der Waals surface area contributed by atoms with Crippen LogP contribution in [0.25, 0.3) is 28.0 Å². The van der Waals surface area contributed by atoms with Crippen molar-refractivity contribution in [3.05, 3.63) is 59.7 Å². The highest BCUT2D eigenvalue weighted by Gasteiger charge is 2.19. The first kappa shape index (κ1) is 13.6. The molecular formula is C17H14FN5. The number of hydrogen-bond acceptors (Lipinski definition) is 3. The van der Waals surface area contributed by atoms with Gasteiger partial charge < -0.3 is 0 Å². The molecule has 0 amide bonds. The number of rotatable bonds is 2. The highest BCUT2D eigenvalue weighted by molar-refractivity contribution is 5.90. The van der Waals surface area contributed by atoms with Crippen LogP contribution in [-0.2, 0) is 0 Å². The van der Waals surface area contributed by atoms with Crippen molar-refractivity contribution in [2.24, 2.45) is 0 Å². The number of aromatic nitrogens is 5. The zero-order valence-electron chi connectivity index (χ0n) is 12.7. The molecule has 23 heavy (non-hydrogen) atoms. The van der Waals surface area contributed by atoms with Gasteiger partial charge in [0.15, 0.2) is 0 Å². The van der Waals surface area contributed by atoms with E-state index < -0.39 is 0 Å². The number of halogens is 1. The summed E-state index contributed by atoms with van der Waals surface area (Å²) in [6, 6.07) is 12.2. The van der Waals surface area contributed by atoms with Crippen molar-refractivity contribution >= 4 is 5.52 Å². The average molecular weight is 307 g/mol. The Kier molecular flexibility index (Phi) is 2.97. The summed E-state index contributed by atoms with van der Waals surface area (Å²) in [5.74, 6) is -0.274. The van der Waals surface area contributed by atoms with Crippen molar-refractivity contribution < 1.29 is 4.39 Å². The maximum Gasteiger partial charge on any atom is 0.123 e. The number of hydrogen-bond donors (Lipinski definition) is 1. The van der Waals surface area contributed by atoms with E-state index in [0.29, 0.717) is 0 Å². The van der Waals surface area contributed by atoms with Gasteiger partial charge in [-0.3, -0.25) is 5.10 Å². The second-order valence-electron chi connectivity index (χ2n) is 5.52. The van der Waals surface area contributed by atoms with Crippen LogP contribution in [0.15, 0.2) is 42.5 Å². The summed E-state index contributed by atoms with van der Waals surface area (Å²) < 4.78 is 14.8. The SMILES string of the molecule is Cc1ccc2c(-c3cc(C)[nH]n3)c(-c3ccc(F)cc3)nn2n1. The normalized spacial score (nSPS) is 11.3. The number of nitrogens with zero attached hydrogens (tertiary/aromatic N) is 4. The highest BCUT2D eigenvalue weighted by Crippen LogP contribution is 2.34. The summed E-state index contributed by atoms with van der Waals surface area (Å²) in [6.07, 6.45) is 0. The van der Waals surface area contributed by atoms with Crippen LogP contribution in [0.3, 0.4) is 0 Å². The van der Waals surface area contributed by atoms with Crippen LogP contribution in [0, 0.1) is 19.7 Å². The molecule has 0 radical (unpaired) electrons. The smallest absolute Gasteiger partial charge is 0.123 e. The Hall–Kier alpha value is -3.02. The van der Waals surface area contributed by atoms with Crippen molar-refractivity contribution in [3.8, 4) is 22.5 Å². The van der Waals surface area contributed by atoms with Gasteiger partial charge in [0.05, 0.1) is 22.5 Å². The molecule has 4 rings (SSSR count). The zero-order chi connectivity index (χ0) is 16.0. The molecule has 0 fully saturated rings. The van der Waals surface area contributed by atoms with E-state index in [2.05, 4.69) is 20.4 Å². The van der Waals surface area contributed by atoms with Gasteiger partial charge in [-0.15, -0.1) is 5.10 Å². The van der Waals surface area contributed by atoms with Gasteiger partial charge in [0.2, 0.25) is 0 Å². The molecule has 0 saturated heterocycles. The minimum Gasteiger partial charge on any atom is -0.282 e. The molecule has 0 atom stereocenters. The summed E-state index contributed by atoms with van der Waals surface area (Å²) in [5, 5.41) is 16.3. The number of H-pyrrole nitrogens is 1. The molecule has 3 heterocycles. The fourth-order valence-corrected chi connectivity index (χ4v) is 2.64. The molecule has 3 aromatic heterocycles. The molecule has 0 saturated carbocycles. The third kappa shape index (κ3) is 2.28. The van der Waals surface area contributed by atoms with Crippen molar-refractivity contribution in [1.82, 2.24) is 25.0 Å². The minimum atomic E-state index is -0.274. The Bertz CT molecular complexity index is 998. The third-order valence-corrected chi connectivity index (χ3v) is 3.72.